The quantitative estimate of drug-likeness (QED) is 0.442. The molecule has 0 aromatic heterocycles. The Hall–Kier alpha value is -2.83. The number of carbonyl (C=O) groups excluding carboxylic acids is 2. The van der Waals surface area contributed by atoms with Gasteiger partial charge in [0.2, 0.25) is 5.91 Å². The highest BCUT2D eigenvalue weighted by molar-refractivity contribution is 9.10. The minimum atomic E-state index is -0.693. The molecule has 32 heavy (non-hydrogen) atoms. The van der Waals surface area contributed by atoms with Crippen molar-refractivity contribution in [2.24, 2.45) is 0 Å². The molecule has 5 nitrogen and oxygen atoms in total. The number of amides is 2. The van der Waals surface area contributed by atoms with Crippen LogP contribution in [0.3, 0.4) is 0 Å². The van der Waals surface area contributed by atoms with Crippen molar-refractivity contribution >= 4 is 39.3 Å². The molecule has 7 heteroatoms. The first-order valence-corrected chi connectivity index (χ1v) is 11.3. The van der Waals surface area contributed by atoms with Gasteiger partial charge in [-0.05, 0) is 41.5 Å². The number of carbonyl (C=O) groups is 2. The number of hydrogen-bond donors (Lipinski definition) is 1. The number of nitrogens with one attached hydrogen (secondary N) is 1. The van der Waals surface area contributed by atoms with Crippen molar-refractivity contribution in [1.29, 1.82) is 0 Å². The average molecular weight is 516 g/mol. The monoisotopic (exact) mass is 514 g/mol. The molecule has 0 aliphatic carbocycles. The van der Waals surface area contributed by atoms with Gasteiger partial charge in [0.1, 0.15) is 11.8 Å². The van der Waals surface area contributed by atoms with Crippen LogP contribution in [0.15, 0.2) is 83.3 Å². The standard InChI is InChI=1S/C25H24BrClN2O3/c1-28-25(31)23(14-18-6-3-2-4-7-18)29(16-19-10-12-20(26)13-11-19)24(30)17-32-22-9-5-8-21(27)15-22/h2-13,15,23H,14,16-17H2,1H3,(H,28,31). The van der Waals surface area contributed by atoms with Crippen molar-refractivity contribution in [3.63, 3.8) is 0 Å². The van der Waals surface area contributed by atoms with Crippen molar-refractivity contribution in [2.75, 3.05) is 13.7 Å². The molecule has 0 saturated carbocycles. The van der Waals surface area contributed by atoms with Gasteiger partial charge in [-0.3, -0.25) is 9.59 Å². The van der Waals surface area contributed by atoms with Crippen LogP contribution >= 0.6 is 27.5 Å². The highest BCUT2D eigenvalue weighted by atomic mass is 79.9. The Bertz CT molecular complexity index is 1040. The zero-order chi connectivity index (χ0) is 22.9. The number of ether oxygens (including phenoxy) is 1. The topological polar surface area (TPSA) is 58.6 Å². The fraction of sp³-hybridized carbons (Fsp3) is 0.200. The number of likely N-dealkylation sites (N-methyl/N-ethyl adjacent to an activating group) is 1. The molecule has 0 aliphatic rings. The molecule has 166 valence electrons. The van der Waals surface area contributed by atoms with Gasteiger partial charge < -0.3 is 15.0 Å². The van der Waals surface area contributed by atoms with E-state index in [-0.39, 0.29) is 25.0 Å². The fourth-order valence-corrected chi connectivity index (χ4v) is 3.74. The average Bonchev–Trinajstić information content (AvgIpc) is 2.81. The molecule has 0 spiro atoms. The van der Waals surface area contributed by atoms with E-state index >= 15 is 0 Å². The lowest BCUT2D eigenvalue weighted by atomic mass is 10.0. The zero-order valence-electron chi connectivity index (χ0n) is 17.6. The highest BCUT2D eigenvalue weighted by Crippen LogP contribution is 2.19. The van der Waals surface area contributed by atoms with Gasteiger partial charge >= 0.3 is 0 Å². The van der Waals surface area contributed by atoms with Gasteiger partial charge in [-0.15, -0.1) is 0 Å². The predicted molar refractivity (Wildman–Crippen MR) is 130 cm³/mol. The predicted octanol–water partition coefficient (Wildman–Crippen LogP) is 4.87. The largest absolute Gasteiger partial charge is 0.484 e. The second kappa shape index (κ2) is 11.7. The van der Waals surface area contributed by atoms with E-state index in [2.05, 4.69) is 21.2 Å². The van der Waals surface area contributed by atoms with E-state index in [1.54, 1.807) is 36.2 Å². The van der Waals surface area contributed by atoms with Crippen molar-refractivity contribution in [3.8, 4) is 5.75 Å². The molecule has 1 atom stereocenters. The van der Waals surface area contributed by atoms with Crippen LogP contribution in [0.1, 0.15) is 11.1 Å². The number of rotatable bonds is 9. The smallest absolute Gasteiger partial charge is 0.261 e. The van der Waals surface area contributed by atoms with Gasteiger partial charge in [0, 0.05) is 29.5 Å². The van der Waals surface area contributed by atoms with Crippen LogP contribution in [-0.2, 0) is 22.6 Å². The molecule has 0 saturated heterocycles. The van der Waals surface area contributed by atoms with E-state index in [0.29, 0.717) is 17.2 Å². The first kappa shape index (κ1) is 23.8. The lowest BCUT2D eigenvalue weighted by Gasteiger charge is -2.31. The van der Waals surface area contributed by atoms with Gasteiger partial charge in [0.05, 0.1) is 0 Å². The molecular weight excluding hydrogens is 492 g/mol. The molecule has 2 amide bonds. The molecule has 3 rings (SSSR count). The molecule has 1 unspecified atom stereocenters. The minimum Gasteiger partial charge on any atom is -0.484 e. The van der Waals surface area contributed by atoms with Crippen LogP contribution in [0.4, 0.5) is 0 Å². The van der Waals surface area contributed by atoms with E-state index in [1.165, 1.54) is 0 Å². The van der Waals surface area contributed by atoms with Crippen LogP contribution in [0.2, 0.25) is 5.02 Å². The summed E-state index contributed by atoms with van der Waals surface area (Å²) in [6.45, 7) is 0.0646. The Kier molecular flexibility index (Phi) is 8.71. The summed E-state index contributed by atoms with van der Waals surface area (Å²) in [6, 6.07) is 23.5. The summed E-state index contributed by atoms with van der Waals surface area (Å²) in [6.07, 6.45) is 0.389. The number of benzene rings is 3. The maximum absolute atomic E-state index is 13.3. The van der Waals surface area contributed by atoms with Crippen molar-refractivity contribution in [2.45, 2.75) is 19.0 Å². The Morgan fingerprint density at radius 1 is 1.00 bits per heavy atom. The normalized spacial score (nSPS) is 11.5. The van der Waals surface area contributed by atoms with Crippen LogP contribution in [0.5, 0.6) is 5.75 Å². The third-order valence-electron chi connectivity index (χ3n) is 4.94. The van der Waals surface area contributed by atoms with Crippen LogP contribution in [0.25, 0.3) is 0 Å². The minimum absolute atomic E-state index is 0.209. The molecule has 3 aromatic rings. The fourth-order valence-electron chi connectivity index (χ4n) is 3.29. The lowest BCUT2D eigenvalue weighted by molar-refractivity contribution is -0.142. The van der Waals surface area contributed by atoms with Crippen LogP contribution in [0, 0.1) is 0 Å². The summed E-state index contributed by atoms with van der Waals surface area (Å²) < 4.78 is 6.63. The molecule has 0 aliphatic heterocycles. The molecule has 0 radical (unpaired) electrons. The van der Waals surface area contributed by atoms with Gasteiger partial charge in [0.25, 0.3) is 5.91 Å². The summed E-state index contributed by atoms with van der Waals surface area (Å²) in [5, 5.41) is 3.22. The molecule has 0 bridgehead atoms. The van der Waals surface area contributed by atoms with Crippen LogP contribution < -0.4 is 10.1 Å². The SMILES string of the molecule is CNC(=O)C(Cc1ccccc1)N(Cc1ccc(Br)cc1)C(=O)COc1cccc(Cl)c1. The van der Waals surface area contributed by atoms with Gasteiger partial charge in [-0.1, -0.05) is 76.1 Å². The first-order valence-electron chi connectivity index (χ1n) is 10.1. The molecule has 0 fully saturated rings. The third kappa shape index (κ3) is 6.84. The molecule has 1 N–H and O–H groups in total. The Morgan fingerprint density at radius 2 is 1.72 bits per heavy atom. The maximum atomic E-state index is 13.3. The van der Waals surface area contributed by atoms with E-state index in [9.17, 15) is 9.59 Å². The summed E-state index contributed by atoms with van der Waals surface area (Å²) in [5.41, 5.74) is 1.87. The summed E-state index contributed by atoms with van der Waals surface area (Å²) in [7, 11) is 1.57. The molecular formula is C25H24BrClN2O3. The van der Waals surface area contributed by atoms with Gasteiger partial charge in [0.15, 0.2) is 6.61 Å². The number of nitrogens with zero attached hydrogens (tertiary/aromatic N) is 1. The second-order valence-corrected chi connectivity index (χ2v) is 8.57. The lowest BCUT2D eigenvalue weighted by Crippen LogP contribution is -2.51. The van der Waals surface area contributed by atoms with Crippen LogP contribution in [-0.4, -0.2) is 36.4 Å². The highest BCUT2D eigenvalue weighted by Gasteiger charge is 2.30. The second-order valence-electron chi connectivity index (χ2n) is 7.21. The molecule has 0 heterocycles. The van der Waals surface area contributed by atoms with Crippen molar-refractivity contribution < 1.29 is 14.3 Å². The third-order valence-corrected chi connectivity index (χ3v) is 5.71. The van der Waals surface area contributed by atoms with Gasteiger partial charge in [-0.25, -0.2) is 0 Å². The van der Waals surface area contributed by atoms with E-state index < -0.39 is 6.04 Å². The molecule has 3 aromatic carbocycles. The summed E-state index contributed by atoms with van der Waals surface area (Å²) in [5.74, 6) is -0.0338. The first-order chi connectivity index (χ1) is 15.5. The summed E-state index contributed by atoms with van der Waals surface area (Å²) >= 11 is 9.44. The number of halogens is 2. The Labute approximate surface area is 201 Å². The Morgan fingerprint density at radius 3 is 2.38 bits per heavy atom. The van der Waals surface area contributed by atoms with E-state index in [1.807, 2.05) is 54.6 Å². The number of hydrogen-bond acceptors (Lipinski definition) is 3. The maximum Gasteiger partial charge on any atom is 0.261 e. The Balaban J connectivity index is 1.86. The van der Waals surface area contributed by atoms with Crippen molar-refractivity contribution in [1.82, 2.24) is 10.2 Å². The van der Waals surface area contributed by atoms with Crippen molar-refractivity contribution in [3.05, 3.63) is 99.5 Å². The zero-order valence-corrected chi connectivity index (χ0v) is 20.0. The van der Waals surface area contributed by atoms with E-state index in [4.69, 9.17) is 16.3 Å². The van der Waals surface area contributed by atoms with E-state index in [0.717, 1.165) is 15.6 Å². The summed E-state index contributed by atoms with van der Waals surface area (Å²) in [4.78, 5) is 27.7. The van der Waals surface area contributed by atoms with Gasteiger partial charge in [-0.2, -0.15) is 0 Å².